The maximum atomic E-state index is 11.9. The monoisotopic (exact) mass is 193 g/mol. The van der Waals surface area contributed by atoms with Crippen molar-refractivity contribution in [3.63, 3.8) is 0 Å². The number of hydrogen-bond acceptors (Lipinski definition) is 2. The van der Waals surface area contributed by atoms with E-state index in [1.165, 1.54) is 0 Å². The first-order valence-corrected chi connectivity index (χ1v) is 3.34. The minimum absolute atomic E-state index is 0.382. The summed E-state index contributed by atoms with van der Waals surface area (Å²) in [7, 11) is 0. The molecule has 1 unspecified atom stereocenters. The fraction of sp³-hybridized carbons (Fsp3) is 0.286. The van der Waals surface area contributed by atoms with Crippen LogP contribution in [0.3, 0.4) is 0 Å². The molecule has 0 aromatic carbocycles. The Morgan fingerprint density at radius 2 is 2.00 bits per heavy atom. The normalized spacial score (nSPS) is 14.2. The predicted molar refractivity (Wildman–Crippen MR) is 38.1 cm³/mol. The Morgan fingerprint density at radius 3 is 2.38 bits per heavy atom. The number of aliphatic hydroxyl groups is 1. The molecule has 6 heteroatoms. The van der Waals surface area contributed by atoms with Crippen molar-refractivity contribution in [2.24, 2.45) is 0 Å². The van der Waals surface area contributed by atoms with Gasteiger partial charge in [-0.1, -0.05) is 0 Å². The quantitative estimate of drug-likeness (QED) is 0.698. The lowest BCUT2D eigenvalue weighted by atomic mass is 10.1. The van der Waals surface area contributed by atoms with E-state index in [9.17, 15) is 18.0 Å². The molecule has 1 aromatic rings. The molecule has 0 aliphatic rings. The van der Waals surface area contributed by atoms with Gasteiger partial charge in [0.2, 0.25) is 5.56 Å². The fourth-order valence-corrected chi connectivity index (χ4v) is 0.782. The fourth-order valence-electron chi connectivity index (χ4n) is 0.782. The molecule has 0 saturated carbocycles. The van der Waals surface area contributed by atoms with Crippen molar-refractivity contribution < 1.29 is 18.3 Å². The van der Waals surface area contributed by atoms with E-state index in [4.69, 9.17) is 5.11 Å². The van der Waals surface area contributed by atoms with Crippen LogP contribution in [0.2, 0.25) is 0 Å². The highest BCUT2D eigenvalue weighted by molar-refractivity contribution is 5.13. The lowest BCUT2D eigenvalue weighted by Gasteiger charge is -2.13. The summed E-state index contributed by atoms with van der Waals surface area (Å²) in [5, 5.41) is 8.70. The van der Waals surface area contributed by atoms with Crippen LogP contribution in [0.25, 0.3) is 0 Å². The molecule has 0 radical (unpaired) electrons. The van der Waals surface area contributed by atoms with Crippen molar-refractivity contribution in [2.45, 2.75) is 12.3 Å². The zero-order valence-corrected chi connectivity index (χ0v) is 6.30. The van der Waals surface area contributed by atoms with Crippen LogP contribution in [0.4, 0.5) is 13.2 Å². The maximum Gasteiger partial charge on any atom is 0.418 e. The number of halogens is 3. The van der Waals surface area contributed by atoms with Gasteiger partial charge in [0.15, 0.2) is 6.10 Å². The average molecular weight is 193 g/mol. The van der Waals surface area contributed by atoms with Crippen LogP contribution in [0.1, 0.15) is 11.7 Å². The lowest BCUT2D eigenvalue weighted by molar-refractivity contribution is -0.206. The molecule has 0 spiro atoms. The summed E-state index contributed by atoms with van der Waals surface area (Å²) in [6, 6.07) is 1.85. The van der Waals surface area contributed by atoms with Crippen LogP contribution >= 0.6 is 0 Å². The Labute approximate surface area is 70.8 Å². The van der Waals surface area contributed by atoms with Gasteiger partial charge in [-0.25, -0.2) is 0 Å². The predicted octanol–water partition coefficient (Wildman–Crippen LogP) is 0.971. The Balaban J connectivity index is 2.96. The summed E-state index contributed by atoms with van der Waals surface area (Å²) < 4.78 is 35.7. The SMILES string of the molecule is O=c1ccc(C(O)C(F)(F)F)c[nH]1. The minimum atomic E-state index is -4.71. The summed E-state index contributed by atoms with van der Waals surface area (Å²) in [6.45, 7) is 0. The largest absolute Gasteiger partial charge is 0.418 e. The molecule has 0 fully saturated rings. The van der Waals surface area contributed by atoms with Gasteiger partial charge in [0, 0.05) is 17.8 Å². The highest BCUT2D eigenvalue weighted by atomic mass is 19.4. The molecule has 1 aromatic heterocycles. The van der Waals surface area contributed by atoms with Crippen LogP contribution in [-0.2, 0) is 0 Å². The topological polar surface area (TPSA) is 53.1 Å². The first-order valence-electron chi connectivity index (χ1n) is 3.34. The Hall–Kier alpha value is -1.30. The molecule has 72 valence electrons. The number of alkyl halides is 3. The standard InChI is InChI=1S/C7H6F3NO2/c8-7(9,10)6(13)4-1-2-5(12)11-3-4/h1-3,6,13H,(H,11,12). The average Bonchev–Trinajstić information content (AvgIpc) is 2.03. The van der Waals surface area contributed by atoms with Crippen molar-refractivity contribution in [2.75, 3.05) is 0 Å². The van der Waals surface area contributed by atoms with Crippen molar-refractivity contribution in [1.29, 1.82) is 0 Å². The molecule has 0 aliphatic carbocycles. The molecular formula is C7H6F3NO2. The molecule has 0 aliphatic heterocycles. The molecule has 0 amide bonds. The van der Waals surface area contributed by atoms with E-state index in [0.717, 1.165) is 18.3 Å². The number of H-pyrrole nitrogens is 1. The smallest absolute Gasteiger partial charge is 0.379 e. The molecule has 2 N–H and O–H groups in total. The van der Waals surface area contributed by atoms with Crippen molar-refractivity contribution in [3.05, 3.63) is 34.2 Å². The van der Waals surface area contributed by atoms with Crippen molar-refractivity contribution >= 4 is 0 Å². The summed E-state index contributed by atoms with van der Waals surface area (Å²) in [5.74, 6) is 0. The van der Waals surface area contributed by atoms with E-state index in [0.29, 0.717) is 0 Å². The number of aromatic nitrogens is 1. The van der Waals surface area contributed by atoms with E-state index in [2.05, 4.69) is 0 Å². The second-order valence-corrected chi connectivity index (χ2v) is 2.43. The first kappa shape index (κ1) is 9.79. The van der Waals surface area contributed by atoms with E-state index in [1.54, 1.807) is 0 Å². The Kier molecular flexibility index (Phi) is 2.42. The van der Waals surface area contributed by atoms with E-state index >= 15 is 0 Å². The highest BCUT2D eigenvalue weighted by Gasteiger charge is 2.39. The minimum Gasteiger partial charge on any atom is -0.379 e. The first-order chi connectivity index (χ1) is 5.91. The molecule has 13 heavy (non-hydrogen) atoms. The van der Waals surface area contributed by atoms with Crippen LogP contribution in [0.15, 0.2) is 23.1 Å². The maximum absolute atomic E-state index is 11.9. The van der Waals surface area contributed by atoms with Crippen molar-refractivity contribution in [1.82, 2.24) is 4.98 Å². The number of aromatic amines is 1. The van der Waals surface area contributed by atoms with E-state index in [1.807, 2.05) is 4.98 Å². The number of aliphatic hydroxyl groups excluding tert-OH is 1. The molecular weight excluding hydrogens is 187 g/mol. The van der Waals surface area contributed by atoms with Gasteiger partial charge in [-0.15, -0.1) is 0 Å². The van der Waals surface area contributed by atoms with Crippen LogP contribution in [0.5, 0.6) is 0 Å². The Bertz CT molecular complexity index is 324. The van der Waals surface area contributed by atoms with Gasteiger partial charge in [-0.05, 0) is 6.07 Å². The van der Waals surface area contributed by atoms with Gasteiger partial charge < -0.3 is 10.1 Å². The molecule has 1 rings (SSSR count). The summed E-state index contributed by atoms with van der Waals surface area (Å²) >= 11 is 0. The highest BCUT2D eigenvalue weighted by Crippen LogP contribution is 2.31. The molecule has 0 bridgehead atoms. The number of rotatable bonds is 1. The third kappa shape index (κ3) is 2.32. The van der Waals surface area contributed by atoms with Gasteiger partial charge in [0.1, 0.15) is 0 Å². The van der Waals surface area contributed by atoms with Gasteiger partial charge >= 0.3 is 6.18 Å². The zero-order chi connectivity index (χ0) is 10.1. The van der Waals surface area contributed by atoms with E-state index in [-0.39, 0.29) is 5.56 Å². The molecule has 3 nitrogen and oxygen atoms in total. The third-order valence-electron chi connectivity index (χ3n) is 1.43. The summed E-state index contributed by atoms with van der Waals surface area (Å²) in [4.78, 5) is 12.5. The molecule has 1 atom stereocenters. The van der Waals surface area contributed by atoms with Gasteiger partial charge in [-0.3, -0.25) is 4.79 Å². The number of pyridine rings is 1. The third-order valence-corrected chi connectivity index (χ3v) is 1.43. The van der Waals surface area contributed by atoms with Gasteiger partial charge in [0.25, 0.3) is 0 Å². The van der Waals surface area contributed by atoms with Gasteiger partial charge in [0.05, 0.1) is 0 Å². The lowest BCUT2D eigenvalue weighted by Crippen LogP contribution is -2.21. The second kappa shape index (κ2) is 3.21. The molecule has 1 heterocycles. The van der Waals surface area contributed by atoms with Gasteiger partial charge in [-0.2, -0.15) is 13.2 Å². The molecule has 0 saturated heterocycles. The Morgan fingerprint density at radius 1 is 1.38 bits per heavy atom. The van der Waals surface area contributed by atoms with Crippen LogP contribution in [-0.4, -0.2) is 16.3 Å². The van der Waals surface area contributed by atoms with E-state index < -0.39 is 17.8 Å². The second-order valence-electron chi connectivity index (χ2n) is 2.43. The van der Waals surface area contributed by atoms with Crippen molar-refractivity contribution in [3.8, 4) is 0 Å². The van der Waals surface area contributed by atoms with Crippen LogP contribution in [0, 0.1) is 0 Å². The summed E-state index contributed by atoms with van der Waals surface area (Å²) in [5.41, 5.74) is -0.898. The number of hydrogen-bond donors (Lipinski definition) is 2. The number of nitrogens with one attached hydrogen (secondary N) is 1. The summed E-state index contributed by atoms with van der Waals surface area (Å²) in [6.07, 6.45) is -6.43. The van der Waals surface area contributed by atoms with Crippen LogP contribution < -0.4 is 5.56 Å². The zero-order valence-electron chi connectivity index (χ0n) is 6.30.